The summed E-state index contributed by atoms with van der Waals surface area (Å²) in [5.41, 5.74) is 2.11. The van der Waals surface area contributed by atoms with Crippen molar-refractivity contribution in [2.75, 3.05) is 11.1 Å². The lowest BCUT2D eigenvalue weighted by molar-refractivity contribution is -0.113. The average molecular weight is 417 g/mol. The monoisotopic (exact) mass is 415 g/mol. The Hall–Kier alpha value is -1.54. The van der Waals surface area contributed by atoms with Crippen LogP contribution in [0, 0.1) is 13.8 Å². The van der Waals surface area contributed by atoms with Gasteiger partial charge in [0.15, 0.2) is 0 Å². The Balaban J connectivity index is 1.70. The van der Waals surface area contributed by atoms with Crippen molar-refractivity contribution >= 4 is 63.9 Å². The van der Waals surface area contributed by atoms with Gasteiger partial charge in [0.05, 0.1) is 21.5 Å². The van der Waals surface area contributed by atoms with Gasteiger partial charge in [0, 0.05) is 16.4 Å². The Morgan fingerprint density at radius 1 is 1.16 bits per heavy atom. The van der Waals surface area contributed by atoms with Crippen molar-refractivity contribution in [3.63, 3.8) is 0 Å². The van der Waals surface area contributed by atoms with E-state index in [0.717, 1.165) is 11.4 Å². The summed E-state index contributed by atoms with van der Waals surface area (Å²) in [5.74, 6) is 0.324. The van der Waals surface area contributed by atoms with Crippen molar-refractivity contribution in [3.8, 4) is 0 Å². The summed E-state index contributed by atoms with van der Waals surface area (Å²) < 4.78 is 1.64. The maximum Gasteiger partial charge on any atom is 0.253 e. The number of nitrogens with zero attached hydrogens (tertiary/aromatic N) is 4. The third-order valence-electron chi connectivity index (χ3n) is 3.20. The van der Waals surface area contributed by atoms with Crippen molar-refractivity contribution in [2.45, 2.75) is 19.0 Å². The molecule has 0 saturated carbocycles. The first-order chi connectivity index (χ1) is 11.8. The van der Waals surface area contributed by atoms with E-state index >= 15 is 0 Å². The number of aryl methyl sites for hydroxylation is 2. The molecule has 1 aromatic carbocycles. The summed E-state index contributed by atoms with van der Waals surface area (Å²) in [4.78, 5) is 20.8. The standard InChI is InChI=1S/C15H12Cl3N5OS/c1-7-3-8(2)23-14(19-7)21-15(22-23)25-6-12(24)20-13-10(17)4-9(16)5-11(13)18/h3-5H,6H2,1-2H3,(H,20,24). The molecule has 2 aromatic heterocycles. The second kappa shape index (κ2) is 7.37. The Labute approximate surface area is 162 Å². The van der Waals surface area contributed by atoms with Crippen LogP contribution in [0.5, 0.6) is 0 Å². The number of carbonyl (C=O) groups is 1. The molecule has 0 radical (unpaired) electrons. The number of fused-ring (bicyclic) bond motifs is 1. The normalized spacial score (nSPS) is 11.1. The van der Waals surface area contributed by atoms with Crippen LogP contribution in [0.2, 0.25) is 15.1 Å². The number of rotatable bonds is 4. The number of carbonyl (C=O) groups excluding carboxylic acids is 1. The lowest BCUT2D eigenvalue weighted by Crippen LogP contribution is -2.14. The molecule has 0 atom stereocenters. The molecule has 2 heterocycles. The molecule has 6 nitrogen and oxygen atoms in total. The maximum atomic E-state index is 12.2. The lowest BCUT2D eigenvalue weighted by Gasteiger charge is -2.09. The van der Waals surface area contributed by atoms with E-state index < -0.39 is 0 Å². The minimum absolute atomic E-state index is 0.101. The second-order valence-electron chi connectivity index (χ2n) is 5.23. The highest BCUT2D eigenvalue weighted by Crippen LogP contribution is 2.33. The minimum atomic E-state index is -0.282. The number of hydrogen-bond acceptors (Lipinski definition) is 5. The van der Waals surface area contributed by atoms with E-state index in [2.05, 4.69) is 20.4 Å². The van der Waals surface area contributed by atoms with Gasteiger partial charge in [0.2, 0.25) is 11.1 Å². The third kappa shape index (κ3) is 4.17. The van der Waals surface area contributed by atoms with Crippen LogP contribution < -0.4 is 5.32 Å². The fourth-order valence-corrected chi connectivity index (χ4v) is 3.71. The molecule has 0 bridgehead atoms. The van der Waals surface area contributed by atoms with Gasteiger partial charge >= 0.3 is 0 Å². The minimum Gasteiger partial charge on any atom is -0.323 e. The first kappa shape index (κ1) is 18.3. The Kier molecular flexibility index (Phi) is 5.38. The Bertz CT molecular complexity index is 952. The molecule has 0 saturated heterocycles. The Morgan fingerprint density at radius 3 is 2.52 bits per heavy atom. The van der Waals surface area contributed by atoms with Gasteiger partial charge in [0.25, 0.3) is 5.78 Å². The summed E-state index contributed by atoms with van der Waals surface area (Å²) in [5, 5.41) is 8.42. The van der Waals surface area contributed by atoms with Gasteiger partial charge in [-0.1, -0.05) is 46.6 Å². The summed E-state index contributed by atoms with van der Waals surface area (Å²) in [7, 11) is 0. The van der Waals surface area contributed by atoms with Gasteiger partial charge in [0.1, 0.15) is 0 Å². The van der Waals surface area contributed by atoms with Gasteiger partial charge < -0.3 is 5.32 Å². The number of nitrogens with one attached hydrogen (secondary N) is 1. The molecular formula is C15H12Cl3N5OS. The van der Waals surface area contributed by atoms with Crippen LogP contribution in [-0.2, 0) is 4.79 Å². The van der Waals surface area contributed by atoms with Gasteiger partial charge in [-0.25, -0.2) is 9.50 Å². The summed E-state index contributed by atoms with van der Waals surface area (Å²) in [6.07, 6.45) is 0. The van der Waals surface area contributed by atoms with Gasteiger partial charge in [-0.05, 0) is 32.0 Å². The van der Waals surface area contributed by atoms with Crippen LogP contribution in [0.25, 0.3) is 5.78 Å². The largest absolute Gasteiger partial charge is 0.323 e. The van der Waals surface area contributed by atoms with Crippen molar-refractivity contribution < 1.29 is 4.79 Å². The number of hydrogen-bond donors (Lipinski definition) is 1. The smallest absolute Gasteiger partial charge is 0.253 e. The number of anilines is 1. The molecule has 0 aliphatic heterocycles. The third-order valence-corrected chi connectivity index (χ3v) is 4.85. The highest BCUT2D eigenvalue weighted by Gasteiger charge is 2.14. The number of aromatic nitrogens is 4. The fraction of sp³-hybridized carbons (Fsp3) is 0.200. The van der Waals surface area contributed by atoms with E-state index in [-0.39, 0.29) is 21.7 Å². The highest BCUT2D eigenvalue weighted by molar-refractivity contribution is 7.99. The van der Waals surface area contributed by atoms with E-state index in [4.69, 9.17) is 34.8 Å². The first-order valence-electron chi connectivity index (χ1n) is 7.11. The molecule has 0 fully saturated rings. The molecular weight excluding hydrogens is 405 g/mol. The summed E-state index contributed by atoms with van der Waals surface area (Å²) >= 11 is 19.2. The second-order valence-corrected chi connectivity index (χ2v) is 7.42. The zero-order chi connectivity index (χ0) is 18.1. The number of halogens is 3. The van der Waals surface area contributed by atoms with E-state index in [1.165, 1.54) is 23.9 Å². The molecule has 10 heteroatoms. The van der Waals surface area contributed by atoms with Crippen molar-refractivity contribution in [1.29, 1.82) is 0 Å². The van der Waals surface area contributed by atoms with Crippen LogP contribution >= 0.6 is 46.6 Å². The zero-order valence-corrected chi connectivity index (χ0v) is 16.3. The molecule has 1 N–H and O–H groups in total. The van der Waals surface area contributed by atoms with E-state index in [1.54, 1.807) is 4.52 Å². The topological polar surface area (TPSA) is 72.2 Å². The quantitative estimate of drug-likeness (QED) is 0.637. The van der Waals surface area contributed by atoms with Crippen LogP contribution in [-0.4, -0.2) is 31.2 Å². The molecule has 0 unspecified atom stereocenters. The molecule has 0 aliphatic rings. The first-order valence-corrected chi connectivity index (χ1v) is 9.23. The predicted molar refractivity (Wildman–Crippen MR) is 101 cm³/mol. The van der Waals surface area contributed by atoms with E-state index in [9.17, 15) is 4.79 Å². The van der Waals surface area contributed by atoms with Gasteiger partial charge in [-0.15, -0.1) is 5.10 Å². The van der Waals surface area contributed by atoms with Crippen LogP contribution in [0.15, 0.2) is 23.4 Å². The van der Waals surface area contributed by atoms with E-state index in [0.29, 0.717) is 21.6 Å². The Morgan fingerprint density at radius 2 is 1.84 bits per heavy atom. The van der Waals surface area contributed by atoms with Crippen molar-refractivity contribution in [2.24, 2.45) is 0 Å². The van der Waals surface area contributed by atoms with Gasteiger partial charge in [-0.2, -0.15) is 4.98 Å². The van der Waals surface area contributed by atoms with Crippen LogP contribution in [0.4, 0.5) is 5.69 Å². The fourth-order valence-electron chi connectivity index (χ4n) is 2.18. The lowest BCUT2D eigenvalue weighted by atomic mass is 10.3. The van der Waals surface area contributed by atoms with Gasteiger partial charge in [-0.3, -0.25) is 4.79 Å². The molecule has 25 heavy (non-hydrogen) atoms. The number of thioether (sulfide) groups is 1. The van der Waals surface area contributed by atoms with Crippen molar-refractivity contribution in [3.05, 3.63) is 44.7 Å². The molecule has 0 aliphatic carbocycles. The number of benzene rings is 1. The molecule has 3 rings (SSSR count). The average Bonchev–Trinajstić information content (AvgIpc) is 2.92. The molecule has 1 amide bonds. The summed E-state index contributed by atoms with van der Waals surface area (Å²) in [6.45, 7) is 3.81. The molecule has 130 valence electrons. The maximum absolute atomic E-state index is 12.2. The summed E-state index contributed by atoms with van der Waals surface area (Å²) in [6, 6.07) is 4.93. The van der Waals surface area contributed by atoms with Crippen molar-refractivity contribution in [1.82, 2.24) is 19.6 Å². The predicted octanol–water partition coefficient (Wildman–Crippen LogP) is 4.43. The SMILES string of the molecule is Cc1cc(C)n2nc(SCC(=O)Nc3c(Cl)cc(Cl)cc3Cl)nc2n1. The molecule has 3 aromatic rings. The molecule has 0 spiro atoms. The van der Waals surface area contributed by atoms with Crippen LogP contribution in [0.3, 0.4) is 0 Å². The zero-order valence-electron chi connectivity index (χ0n) is 13.2. The number of amides is 1. The van der Waals surface area contributed by atoms with E-state index in [1.807, 2.05) is 19.9 Å². The van der Waals surface area contributed by atoms with Crippen LogP contribution in [0.1, 0.15) is 11.4 Å². The highest BCUT2D eigenvalue weighted by atomic mass is 35.5.